The number of methoxy groups -OCH3 is 1. The number of aromatic nitrogens is 1. The fourth-order valence-corrected chi connectivity index (χ4v) is 2.25. The monoisotopic (exact) mass is 283 g/mol. The van der Waals surface area contributed by atoms with E-state index in [9.17, 15) is 0 Å². The molecule has 2 aromatic carbocycles. The average Bonchev–Trinajstić information content (AvgIpc) is 2.91. The number of rotatable bonds is 4. The zero-order chi connectivity index (χ0) is 14.8. The lowest BCUT2D eigenvalue weighted by molar-refractivity contribution is 0.409. The molecule has 0 saturated carbocycles. The molecule has 21 heavy (non-hydrogen) atoms. The summed E-state index contributed by atoms with van der Waals surface area (Å²) in [7, 11) is 3.60. The lowest BCUT2D eigenvalue weighted by Gasteiger charge is -2.16. The zero-order valence-electron chi connectivity index (χ0n) is 12.0. The van der Waals surface area contributed by atoms with E-state index in [4.69, 9.17) is 14.9 Å². The van der Waals surface area contributed by atoms with Gasteiger partial charge in [-0.25, -0.2) is 0 Å². The summed E-state index contributed by atoms with van der Waals surface area (Å²) < 4.78 is 11.1. The second-order valence-corrected chi connectivity index (χ2v) is 4.89. The predicted octanol–water partition coefficient (Wildman–Crippen LogP) is 3.06. The second kappa shape index (κ2) is 5.36. The number of nitrogens with zero attached hydrogens (tertiary/aromatic N) is 2. The number of hydrogen-bond donors (Lipinski definition) is 1. The Bertz CT molecular complexity index is 767. The summed E-state index contributed by atoms with van der Waals surface area (Å²) in [6.45, 7) is 0.645. The molecule has 0 aliphatic carbocycles. The minimum atomic E-state index is 0.557. The van der Waals surface area contributed by atoms with E-state index in [0.717, 1.165) is 16.8 Å². The van der Waals surface area contributed by atoms with Crippen LogP contribution in [0.3, 0.4) is 0 Å². The first-order valence-electron chi connectivity index (χ1n) is 6.66. The van der Waals surface area contributed by atoms with Gasteiger partial charge in [0, 0.05) is 24.4 Å². The molecule has 0 aliphatic heterocycles. The van der Waals surface area contributed by atoms with Gasteiger partial charge < -0.3 is 19.8 Å². The van der Waals surface area contributed by atoms with E-state index < -0.39 is 0 Å². The fourth-order valence-electron chi connectivity index (χ4n) is 2.25. The highest BCUT2D eigenvalue weighted by atomic mass is 16.5. The van der Waals surface area contributed by atoms with Crippen LogP contribution in [0, 0.1) is 0 Å². The van der Waals surface area contributed by atoms with E-state index in [2.05, 4.69) is 4.98 Å². The van der Waals surface area contributed by atoms with Gasteiger partial charge in [0.15, 0.2) is 5.58 Å². The lowest BCUT2D eigenvalue weighted by atomic mass is 10.2. The summed E-state index contributed by atoms with van der Waals surface area (Å²) in [6.07, 6.45) is 0. The highest BCUT2D eigenvalue weighted by molar-refractivity contribution is 5.78. The van der Waals surface area contributed by atoms with Crippen LogP contribution in [0.5, 0.6) is 5.75 Å². The van der Waals surface area contributed by atoms with Crippen LogP contribution in [0.4, 0.5) is 11.7 Å². The van der Waals surface area contributed by atoms with Crippen LogP contribution < -0.4 is 15.4 Å². The molecule has 0 amide bonds. The third kappa shape index (κ3) is 2.63. The van der Waals surface area contributed by atoms with Gasteiger partial charge in [0.2, 0.25) is 0 Å². The molecule has 0 spiro atoms. The molecule has 0 atom stereocenters. The van der Waals surface area contributed by atoms with Gasteiger partial charge in [-0.15, -0.1) is 0 Å². The Balaban J connectivity index is 1.88. The van der Waals surface area contributed by atoms with Gasteiger partial charge in [0.05, 0.1) is 13.7 Å². The van der Waals surface area contributed by atoms with Gasteiger partial charge in [-0.05, 0) is 18.2 Å². The molecule has 2 N–H and O–H groups in total. The third-order valence-electron chi connectivity index (χ3n) is 3.33. The van der Waals surface area contributed by atoms with Crippen molar-refractivity contribution < 1.29 is 9.15 Å². The maximum absolute atomic E-state index is 5.75. The van der Waals surface area contributed by atoms with Gasteiger partial charge in [0.1, 0.15) is 11.3 Å². The van der Waals surface area contributed by atoms with Gasteiger partial charge in [0.25, 0.3) is 6.01 Å². The molecule has 0 saturated heterocycles. The number of ether oxygens (including phenoxy) is 1. The Kier molecular flexibility index (Phi) is 3.39. The van der Waals surface area contributed by atoms with Crippen molar-refractivity contribution in [2.24, 2.45) is 0 Å². The van der Waals surface area contributed by atoms with E-state index in [0.29, 0.717) is 23.8 Å². The number of fused-ring (bicyclic) bond motifs is 1. The van der Waals surface area contributed by atoms with Crippen LogP contribution >= 0.6 is 0 Å². The SMILES string of the molecule is COc1ccccc1CN(C)c1nc2ccc(N)cc2o1. The van der Waals surface area contributed by atoms with Gasteiger partial charge in [-0.3, -0.25) is 0 Å². The number of nitrogens with two attached hydrogens (primary N) is 1. The average molecular weight is 283 g/mol. The summed E-state index contributed by atoms with van der Waals surface area (Å²) in [4.78, 5) is 6.41. The molecule has 3 aromatic rings. The zero-order valence-corrected chi connectivity index (χ0v) is 12.0. The predicted molar refractivity (Wildman–Crippen MR) is 83.5 cm³/mol. The molecule has 108 valence electrons. The Morgan fingerprint density at radius 2 is 2.05 bits per heavy atom. The van der Waals surface area contributed by atoms with Crippen molar-refractivity contribution in [3.8, 4) is 5.75 Å². The van der Waals surface area contributed by atoms with Crippen molar-refractivity contribution in [3.63, 3.8) is 0 Å². The first kappa shape index (κ1) is 13.3. The molecule has 0 radical (unpaired) electrons. The van der Waals surface area contributed by atoms with Crippen molar-refractivity contribution in [2.75, 3.05) is 24.8 Å². The van der Waals surface area contributed by atoms with Crippen molar-refractivity contribution >= 4 is 22.8 Å². The molecule has 1 aromatic heterocycles. The Morgan fingerprint density at radius 1 is 1.24 bits per heavy atom. The maximum atomic E-state index is 5.75. The highest BCUT2D eigenvalue weighted by Crippen LogP contribution is 2.26. The first-order chi connectivity index (χ1) is 10.2. The van der Waals surface area contributed by atoms with Gasteiger partial charge in [-0.1, -0.05) is 18.2 Å². The number of anilines is 2. The van der Waals surface area contributed by atoms with E-state index in [1.54, 1.807) is 13.2 Å². The number of hydrogen-bond acceptors (Lipinski definition) is 5. The van der Waals surface area contributed by atoms with E-state index in [1.165, 1.54) is 0 Å². The van der Waals surface area contributed by atoms with Crippen LogP contribution in [0.15, 0.2) is 46.9 Å². The molecule has 0 unspecified atom stereocenters. The van der Waals surface area contributed by atoms with Crippen molar-refractivity contribution in [1.29, 1.82) is 0 Å². The Hall–Kier alpha value is -2.69. The summed E-state index contributed by atoms with van der Waals surface area (Å²) in [5.41, 5.74) is 8.98. The van der Waals surface area contributed by atoms with Crippen LogP contribution in [0.1, 0.15) is 5.56 Å². The summed E-state index contributed by atoms with van der Waals surface area (Å²) in [6, 6.07) is 13.9. The summed E-state index contributed by atoms with van der Waals surface area (Å²) in [5, 5.41) is 0. The molecule has 5 nitrogen and oxygen atoms in total. The van der Waals surface area contributed by atoms with E-state index in [1.807, 2.05) is 48.3 Å². The minimum absolute atomic E-state index is 0.557. The number of para-hydroxylation sites is 1. The molecular weight excluding hydrogens is 266 g/mol. The normalized spacial score (nSPS) is 10.8. The minimum Gasteiger partial charge on any atom is -0.496 e. The van der Waals surface area contributed by atoms with Crippen LogP contribution in [-0.2, 0) is 6.54 Å². The second-order valence-electron chi connectivity index (χ2n) is 4.89. The first-order valence-corrected chi connectivity index (χ1v) is 6.66. The highest BCUT2D eigenvalue weighted by Gasteiger charge is 2.12. The van der Waals surface area contributed by atoms with Crippen molar-refractivity contribution in [1.82, 2.24) is 4.98 Å². The number of benzene rings is 2. The molecule has 0 fully saturated rings. The molecule has 1 heterocycles. The lowest BCUT2D eigenvalue weighted by Crippen LogP contribution is -2.17. The smallest absolute Gasteiger partial charge is 0.298 e. The fraction of sp³-hybridized carbons (Fsp3) is 0.188. The van der Waals surface area contributed by atoms with Gasteiger partial charge in [-0.2, -0.15) is 4.98 Å². The Morgan fingerprint density at radius 3 is 2.86 bits per heavy atom. The standard InChI is InChI=1S/C16H17N3O2/c1-19(10-11-5-3-4-6-14(11)20-2)16-18-13-8-7-12(17)9-15(13)21-16/h3-9H,10,17H2,1-2H3. The molecule has 5 heteroatoms. The van der Waals surface area contributed by atoms with Gasteiger partial charge >= 0.3 is 0 Å². The molecule has 0 bridgehead atoms. The topological polar surface area (TPSA) is 64.5 Å². The van der Waals surface area contributed by atoms with Crippen molar-refractivity contribution in [2.45, 2.75) is 6.54 Å². The quantitative estimate of drug-likeness (QED) is 0.745. The van der Waals surface area contributed by atoms with Crippen molar-refractivity contribution in [3.05, 3.63) is 48.0 Å². The molecular formula is C16H17N3O2. The number of oxazole rings is 1. The summed E-state index contributed by atoms with van der Waals surface area (Å²) >= 11 is 0. The largest absolute Gasteiger partial charge is 0.496 e. The van der Waals surface area contributed by atoms with Crippen LogP contribution in [0.2, 0.25) is 0 Å². The summed E-state index contributed by atoms with van der Waals surface area (Å²) in [5.74, 6) is 0.852. The van der Waals surface area contributed by atoms with E-state index >= 15 is 0 Å². The maximum Gasteiger partial charge on any atom is 0.298 e. The van der Waals surface area contributed by atoms with Crippen LogP contribution in [0.25, 0.3) is 11.1 Å². The molecule has 3 rings (SSSR count). The van der Waals surface area contributed by atoms with E-state index in [-0.39, 0.29) is 0 Å². The molecule has 0 aliphatic rings. The third-order valence-corrected chi connectivity index (χ3v) is 3.33. The Labute approximate surface area is 122 Å². The number of nitrogen functional groups attached to an aromatic ring is 1. The van der Waals surface area contributed by atoms with Crippen LogP contribution in [-0.4, -0.2) is 19.1 Å².